The molecule has 0 unspecified atom stereocenters. The molecule has 0 aliphatic heterocycles. The predicted octanol–water partition coefficient (Wildman–Crippen LogP) is 5.50. The first kappa shape index (κ1) is 14.6. The van der Waals surface area contributed by atoms with E-state index in [9.17, 15) is 0 Å². The Morgan fingerprint density at radius 3 is 1.88 bits per heavy atom. The normalized spacial score (nSPS) is 11.1. The molecule has 0 radical (unpaired) electrons. The van der Waals surface area contributed by atoms with E-state index in [0.29, 0.717) is 0 Å². The quantitative estimate of drug-likeness (QED) is 0.499. The van der Waals surface area contributed by atoms with Crippen LogP contribution in [0.15, 0.2) is 85.2 Å². The van der Waals surface area contributed by atoms with Crippen LogP contribution in [0.1, 0.15) is 28.4 Å². The first-order valence-electron chi connectivity index (χ1n) is 8.25. The van der Waals surface area contributed by atoms with Gasteiger partial charge in [0, 0.05) is 23.8 Å². The van der Waals surface area contributed by atoms with Gasteiger partial charge in [0.15, 0.2) is 0 Å². The molecule has 118 valence electrons. The first-order chi connectivity index (χ1) is 11.8. The highest BCUT2D eigenvalue weighted by atomic mass is 14.7. The molecule has 0 aliphatic carbocycles. The zero-order valence-electron chi connectivity index (χ0n) is 13.7. The topological polar surface area (TPSA) is 31.6 Å². The van der Waals surface area contributed by atoms with Gasteiger partial charge in [-0.15, -0.1) is 0 Å². The fraction of sp³-hybridized carbons (Fsp3) is 0.0909. The molecule has 0 spiro atoms. The maximum Gasteiger partial charge on any atom is 0.0641 e. The van der Waals surface area contributed by atoms with Gasteiger partial charge in [0.1, 0.15) is 0 Å². The summed E-state index contributed by atoms with van der Waals surface area (Å²) in [5.74, 6) is 0.196. The van der Waals surface area contributed by atoms with Gasteiger partial charge in [-0.1, -0.05) is 54.1 Å². The van der Waals surface area contributed by atoms with Crippen LogP contribution in [0.25, 0.3) is 11.1 Å². The Labute approximate surface area is 142 Å². The average molecular weight is 312 g/mol. The number of rotatable bonds is 4. The van der Waals surface area contributed by atoms with Crippen LogP contribution < -0.4 is 0 Å². The van der Waals surface area contributed by atoms with Crippen LogP contribution in [0.4, 0.5) is 0 Å². The van der Waals surface area contributed by atoms with E-state index >= 15 is 0 Å². The summed E-state index contributed by atoms with van der Waals surface area (Å²) >= 11 is 0. The van der Waals surface area contributed by atoms with Crippen molar-refractivity contribution >= 4 is 0 Å². The van der Waals surface area contributed by atoms with Crippen molar-refractivity contribution in [2.45, 2.75) is 12.8 Å². The van der Waals surface area contributed by atoms with E-state index in [2.05, 4.69) is 77.6 Å². The van der Waals surface area contributed by atoms with Gasteiger partial charge in [0.05, 0.1) is 5.92 Å². The number of hydrogen-bond acceptors (Lipinski definition) is 0. The molecular weight excluding hydrogens is 292 g/mol. The SMILES string of the molecule is Cc1cccc(-c2ccc(C(c3ccc[nH]3)c3ccc[nH]3)cc2)c1. The van der Waals surface area contributed by atoms with Crippen LogP contribution in [0.5, 0.6) is 0 Å². The highest BCUT2D eigenvalue weighted by Gasteiger charge is 2.18. The third-order valence-corrected chi connectivity index (χ3v) is 4.46. The van der Waals surface area contributed by atoms with Gasteiger partial charge in [-0.2, -0.15) is 0 Å². The van der Waals surface area contributed by atoms with E-state index in [1.165, 1.54) is 33.6 Å². The van der Waals surface area contributed by atoms with E-state index in [-0.39, 0.29) is 5.92 Å². The van der Waals surface area contributed by atoms with Gasteiger partial charge in [0.25, 0.3) is 0 Å². The maximum absolute atomic E-state index is 3.36. The summed E-state index contributed by atoms with van der Waals surface area (Å²) in [6.45, 7) is 2.13. The van der Waals surface area contributed by atoms with Crippen molar-refractivity contribution in [3.8, 4) is 11.1 Å². The molecule has 0 aliphatic rings. The van der Waals surface area contributed by atoms with Crippen LogP contribution in [0.2, 0.25) is 0 Å². The predicted molar refractivity (Wildman–Crippen MR) is 99.1 cm³/mol. The lowest BCUT2D eigenvalue weighted by Gasteiger charge is -2.16. The third-order valence-electron chi connectivity index (χ3n) is 4.46. The van der Waals surface area contributed by atoms with E-state index in [1.807, 2.05) is 24.5 Å². The molecule has 0 atom stereocenters. The van der Waals surface area contributed by atoms with Gasteiger partial charge in [0.2, 0.25) is 0 Å². The Balaban J connectivity index is 1.72. The summed E-state index contributed by atoms with van der Waals surface area (Å²) in [6, 6.07) is 25.9. The Hall–Kier alpha value is -3.00. The summed E-state index contributed by atoms with van der Waals surface area (Å²) in [7, 11) is 0. The Kier molecular flexibility index (Phi) is 3.80. The minimum Gasteiger partial charge on any atom is -0.364 e. The lowest BCUT2D eigenvalue weighted by atomic mass is 9.91. The zero-order valence-corrected chi connectivity index (χ0v) is 13.7. The van der Waals surface area contributed by atoms with E-state index in [1.54, 1.807) is 0 Å². The van der Waals surface area contributed by atoms with Crippen LogP contribution >= 0.6 is 0 Å². The highest BCUT2D eigenvalue weighted by molar-refractivity contribution is 5.64. The Morgan fingerprint density at radius 2 is 1.33 bits per heavy atom. The number of aromatic nitrogens is 2. The highest BCUT2D eigenvalue weighted by Crippen LogP contribution is 2.31. The minimum atomic E-state index is 0.196. The molecule has 2 aromatic heterocycles. The molecule has 2 aromatic carbocycles. The largest absolute Gasteiger partial charge is 0.364 e. The van der Waals surface area contributed by atoms with Crippen molar-refractivity contribution in [3.63, 3.8) is 0 Å². The lowest BCUT2D eigenvalue weighted by molar-refractivity contribution is 0.898. The fourth-order valence-corrected chi connectivity index (χ4v) is 3.27. The van der Waals surface area contributed by atoms with Crippen molar-refractivity contribution in [2.24, 2.45) is 0 Å². The van der Waals surface area contributed by atoms with E-state index in [0.717, 1.165) is 0 Å². The zero-order chi connectivity index (χ0) is 16.4. The van der Waals surface area contributed by atoms with Crippen LogP contribution in [0, 0.1) is 6.92 Å². The third kappa shape index (κ3) is 2.79. The summed E-state index contributed by atoms with van der Waals surface area (Å²) < 4.78 is 0. The number of benzene rings is 2. The van der Waals surface area contributed by atoms with Crippen LogP contribution in [-0.4, -0.2) is 9.97 Å². The average Bonchev–Trinajstić information content (AvgIpc) is 3.30. The van der Waals surface area contributed by atoms with E-state index < -0.39 is 0 Å². The molecule has 0 amide bonds. The molecule has 0 saturated carbocycles. The molecule has 2 N–H and O–H groups in total. The first-order valence-corrected chi connectivity index (χ1v) is 8.25. The number of aromatic amines is 2. The van der Waals surface area contributed by atoms with Gasteiger partial charge in [-0.25, -0.2) is 0 Å². The molecule has 24 heavy (non-hydrogen) atoms. The second kappa shape index (κ2) is 6.25. The van der Waals surface area contributed by atoms with Gasteiger partial charge in [-0.3, -0.25) is 0 Å². The van der Waals surface area contributed by atoms with Crippen LogP contribution in [0.3, 0.4) is 0 Å². The van der Waals surface area contributed by atoms with Crippen molar-refractivity contribution < 1.29 is 0 Å². The molecule has 2 heterocycles. The van der Waals surface area contributed by atoms with Gasteiger partial charge in [-0.05, 0) is 47.9 Å². The van der Waals surface area contributed by atoms with Crippen molar-refractivity contribution in [2.75, 3.05) is 0 Å². The van der Waals surface area contributed by atoms with Crippen molar-refractivity contribution in [1.29, 1.82) is 0 Å². The van der Waals surface area contributed by atoms with E-state index in [4.69, 9.17) is 0 Å². The summed E-state index contributed by atoms with van der Waals surface area (Å²) in [5.41, 5.74) is 7.46. The maximum atomic E-state index is 3.36. The van der Waals surface area contributed by atoms with Crippen molar-refractivity contribution in [1.82, 2.24) is 9.97 Å². The molecule has 0 saturated heterocycles. The summed E-state index contributed by atoms with van der Waals surface area (Å²) in [5, 5.41) is 0. The molecular formula is C22H20N2. The molecule has 4 rings (SSSR count). The number of hydrogen-bond donors (Lipinski definition) is 2. The smallest absolute Gasteiger partial charge is 0.0641 e. The standard InChI is InChI=1S/C22H20N2/c1-16-5-2-6-19(15-16)17-9-11-18(12-10-17)22(20-7-3-13-23-20)21-8-4-14-24-21/h2-15,22-24H,1H3. The molecule has 2 nitrogen and oxygen atoms in total. The van der Waals surface area contributed by atoms with Crippen molar-refractivity contribution in [3.05, 3.63) is 108 Å². The second-order valence-corrected chi connectivity index (χ2v) is 6.18. The number of aryl methyl sites for hydroxylation is 1. The Bertz CT molecular complexity index is 867. The monoisotopic (exact) mass is 312 g/mol. The molecule has 2 heteroatoms. The van der Waals surface area contributed by atoms with Gasteiger partial charge >= 0.3 is 0 Å². The van der Waals surface area contributed by atoms with Crippen LogP contribution in [-0.2, 0) is 0 Å². The summed E-state index contributed by atoms with van der Waals surface area (Å²) in [4.78, 5) is 6.72. The minimum absolute atomic E-state index is 0.196. The molecule has 0 fully saturated rings. The molecule has 4 aromatic rings. The second-order valence-electron chi connectivity index (χ2n) is 6.18. The summed E-state index contributed by atoms with van der Waals surface area (Å²) in [6.07, 6.45) is 3.96. The number of nitrogens with one attached hydrogen (secondary N) is 2. The number of H-pyrrole nitrogens is 2. The molecule has 0 bridgehead atoms. The Morgan fingerprint density at radius 1 is 0.667 bits per heavy atom. The fourth-order valence-electron chi connectivity index (χ4n) is 3.27. The lowest BCUT2D eigenvalue weighted by Crippen LogP contribution is -2.04. The van der Waals surface area contributed by atoms with Gasteiger partial charge < -0.3 is 9.97 Å².